The van der Waals surface area contributed by atoms with Gasteiger partial charge in [0.05, 0.1) is 23.3 Å². The summed E-state index contributed by atoms with van der Waals surface area (Å²) >= 11 is 0. The van der Waals surface area contributed by atoms with E-state index in [1.54, 1.807) is 4.68 Å². The van der Waals surface area contributed by atoms with Crippen molar-refractivity contribution < 1.29 is 4.42 Å². The molecule has 0 atom stereocenters. The third-order valence-electron chi connectivity index (χ3n) is 5.19. The Balaban J connectivity index is 1.69. The molecule has 4 heterocycles. The first-order chi connectivity index (χ1) is 14.5. The number of oxazole rings is 1. The maximum Gasteiger partial charge on any atom is 0.182 e. The summed E-state index contributed by atoms with van der Waals surface area (Å²) in [5.74, 6) is 0. The van der Waals surface area contributed by atoms with Gasteiger partial charge in [0.25, 0.3) is 0 Å². The van der Waals surface area contributed by atoms with E-state index in [0.717, 1.165) is 50.3 Å². The molecular weight excluding hydrogens is 378 g/mol. The minimum Gasteiger partial charge on any atom is -0.443 e. The number of para-hydroxylation sites is 1. The highest BCUT2D eigenvalue weighted by atomic mass is 16.3. The molecule has 8 heteroatoms. The molecule has 0 aliphatic heterocycles. The lowest BCUT2D eigenvalue weighted by Gasteiger charge is -2.14. The van der Waals surface area contributed by atoms with E-state index in [1.807, 2.05) is 49.2 Å². The number of rotatable bonds is 5. The Bertz CT molecular complexity index is 1360. The average Bonchev–Trinajstić information content (AvgIpc) is 3.45. The molecule has 0 saturated carbocycles. The molecule has 0 radical (unpaired) electrons. The normalized spacial score (nSPS) is 11.8. The molecule has 0 unspecified atom stereocenters. The quantitative estimate of drug-likeness (QED) is 0.467. The monoisotopic (exact) mass is 401 g/mol. The van der Waals surface area contributed by atoms with Crippen molar-refractivity contribution in [2.45, 2.75) is 33.4 Å². The first-order valence-electron chi connectivity index (χ1n) is 9.95. The van der Waals surface area contributed by atoms with Crippen molar-refractivity contribution >= 4 is 27.8 Å². The summed E-state index contributed by atoms with van der Waals surface area (Å²) in [6.07, 6.45) is 5.34. The summed E-state index contributed by atoms with van der Waals surface area (Å²) in [6.45, 7) is 6.90. The first-order valence-corrected chi connectivity index (χ1v) is 9.95. The Morgan fingerprint density at radius 3 is 2.87 bits per heavy atom. The van der Waals surface area contributed by atoms with Crippen molar-refractivity contribution in [2.24, 2.45) is 7.05 Å². The third-order valence-corrected chi connectivity index (χ3v) is 5.19. The highest BCUT2D eigenvalue weighted by Gasteiger charge is 2.19. The second-order valence-electron chi connectivity index (χ2n) is 7.76. The Morgan fingerprint density at radius 1 is 1.23 bits per heavy atom. The van der Waals surface area contributed by atoms with E-state index in [2.05, 4.69) is 35.3 Å². The maximum absolute atomic E-state index is 5.66. The van der Waals surface area contributed by atoms with Crippen LogP contribution in [0.5, 0.6) is 0 Å². The number of nitrogens with zero attached hydrogens (tertiary/aromatic N) is 6. The van der Waals surface area contributed by atoms with Gasteiger partial charge in [0.15, 0.2) is 12.0 Å². The van der Waals surface area contributed by atoms with Crippen LogP contribution in [0, 0.1) is 6.92 Å². The molecule has 4 aromatic heterocycles. The molecule has 0 amide bonds. The zero-order valence-corrected chi connectivity index (χ0v) is 17.4. The van der Waals surface area contributed by atoms with E-state index in [-0.39, 0.29) is 6.04 Å². The van der Waals surface area contributed by atoms with Crippen molar-refractivity contribution in [3.8, 4) is 11.3 Å². The molecule has 1 N–H and O–H groups in total. The second kappa shape index (κ2) is 6.98. The number of aromatic nitrogens is 6. The van der Waals surface area contributed by atoms with E-state index >= 15 is 0 Å². The number of nitrogens with one attached hydrogen (secondary N) is 1. The SMILES string of the molecule is Cc1nn(C(C)C)c2c(NCc3cnn(C)c3)cc(-c3cccc4ncoc34)nc12. The number of benzene rings is 1. The molecule has 0 aliphatic rings. The largest absolute Gasteiger partial charge is 0.443 e. The van der Waals surface area contributed by atoms with Gasteiger partial charge in [-0.2, -0.15) is 10.2 Å². The maximum atomic E-state index is 5.66. The Hall–Kier alpha value is -3.68. The summed E-state index contributed by atoms with van der Waals surface area (Å²) in [5.41, 5.74) is 8.14. The summed E-state index contributed by atoms with van der Waals surface area (Å²) in [5, 5.41) is 12.6. The molecule has 8 nitrogen and oxygen atoms in total. The molecule has 30 heavy (non-hydrogen) atoms. The van der Waals surface area contributed by atoms with Crippen LogP contribution in [0.15, 0.2) is 47.5 Å². The average molecular weight is 401 g/mol. The number of pyridine rings is 1. The van der Waals surface area contributed by atoms with Crippen molar-refractivity contribution in [1.29, 1.82) is 0 Å². The van der Waals surface area contributed by atoms with Crippen molar-refractivity contribution in [1.82, 2.24) is 29.5 Å². The summed E-state index contributed by atoms with van der Waals surface area (Å²) < 4.78 is 9.49. The van der Waals surface area contributed by atoms with Gasteiger partial charge in [0.1, 0.15) is 16.6 Å². The number of anilines is 1. The van der Waals surface area contributed by atoms with Crippen LogP contribution in [0.2, 0.25) is 0 Å². The van der Waals surface area contributed by atoms with Gasteiger partial charge in [-0.15, -0.1) is 0 Å². The van der Waals surface area contributed by atoms with Crippen LogP contribution in [-0.4, -0.2) is 29.5 Å². The molecule has 0 spiro atoms. The van der Waals surface area contributed by atoms with Gasteiger partial charge in [0.2, 0.25) is 0 Å². The molecule has 5 aromatic rings. The zero-order chi connectivity index (χ0) is 20.8. The van der Waals surface area contributed by atoms with Crippen LogP contribution < -0.4 is 5.32 Å². The number of fused-ring (bicyclic) bond motifs is 2. The molecule has 5 rings (SSSR count). The predicted molar refractivity (Wildman–Crippen MR) is 116 cm³/mol. The molecule has 0 fully saturated rings. The smallest absolute Gasteiger partial charge is 0.182 e. The summed E-state index contributed by atoms with van der Waals surface area (Å²) in [4.78, 5) is 9.25. The highest BCUT2D eigenvalue weighted by Crippen LogP contribution is 2.34. The summed E-state index contributed by atoms with van der Waals surface area (Å²) in [6, 6.07) is 8.19. The van der Waals surface area contributed by atoms with Gasteiger partial charge in [-0.3, -0.25) is 9.36 Å². The Morgan fingerprint density at radius 2 is 2.10 bits per heavy atom. The topological polar surface area (TPSA) is 86.6 Å². The van der Waals surface area contributed by atoms with E-state index in [0.29, 0.717) is 6.54 Å². The fraction of sp³-hybridized carbons (Fsp3) is 0.273. The van der Waals surface area contributed by atoms with Crippen LogP contribution in [0.1, 0.15) is 31.1 Å². The number of hydrogen-bond acceptors (Lipinski definition) is 6. The predicted octanol–water partition coefficient (Wildman–Crippen LogP) is 4.47. The lowest BCUT2D eigenvalue weighted by molar-refractivity contribution is 0.547. The zero-order valence-electron chi connectivity index (χ0n) is 17.4. The first kappa shape index (κ1) is 18.4. The lowest BCUT2D eigenvalue weighted by Crippen LogP contribution is -2.07. The van der Waals surface area contributed by atoms with Crippen molar-refractivity contribution in [3.63, 3.8) is 0 Å². The van der Waals surface area contributed by atoms with Crippen molar-refractivity contribution in [3.05, 3.63) is 54.3 Å². The van der Waals surface area contributed by atoms with Crippen LogP contribution in [-0.2, 0) is 13.6 Å². The van der Waals surface area contributed by atoms with Gasteiger partial charge in [0, 0.05) is 37.0 Å². The molecule has 152 valence electrons. The minimum absolute atomic E-state index is 0.213. The van der Waals surface area contributed by atoms with E-state index in [1.165, 1.54) is 6.39 Å². The van der Waals surface area contributed by atoms with E-state index in [9.17, 15) is 0 Å². The van der Waals surface area contributed by atoms with Crippen LogP contribution in [0.25, 0.3) is 33.4 Å². The summed E-state index contributed by atoms with van der Waals surface area (Å²) in [7, 11) is 1.92. The lowest BCUT2D eigenvalue weighted by atomic mass is 10.1. The molecule has 0 saturated heterocycles. The number of aryl methyl sites for hydroxylation is 2. The van der Waals surface area contributed by atoms with Gasteiger partial charge in [-0.05, 0) is 39.0 Å². The Kier molecular flexibility index (Phi) is 4.27. The van der Waals surface area contributed by atoms with Crippen molar-refractivity contribution in [2.75, 3.05) is 5.32 Å². The highest BCUT2D eigenvalue weighted by molar-refractivity contribution is 5.96. The van der Waals surface area contributed by atoms with Gasteiger partial charge >= 0.3 is 0 Å². The van der Waals surface area contributed by atoms with Crippen LogP contribution >= 0.6 is 0 Å². The molecule has 0 bridgehead atoms. The molecule has 0 aliphatic carbocycles. The van der Waals surface area contributed by atoms with Crippen LogP contribution in [0.3, 0.4) is 0 Å². The molecular formula is C22H23N7O. The van der Waals surface area contributed by atoms with Gasteiger partial charge in [-0.1, -0.05) is 6.07 Å². The standard InChI is InChI=1S/C22H23N7O/c1-13(2)29-21-19(23-9-15-10-25-28(4)11-15)8-18(26-20(21)14(3)27-29)16-6-5-7-17-22(16)30-12-24-17/h5-8,10-13H,9H2,1-4H3,(H,23,26). The van der Waals surface area contributed by atoms with Gasteiger partial charge < -0.3 is 9.73 Å². The number of hydrogen-bond donors (Lipinski definition) is 1. The van der Waals surface area contributed by atoms with E-state index in [4.69, 9.17) is 14.5 Å². The third kappa shape index (κ3) is 3.01. The second-order valence-corrected chi connectivity index (χ2v) is 7.76. The van der Waals surface area contributed by atoms with E-state index < -0.39 is 0 Å². The fourth-order valence-corrected chi connectivity index (χ4v) is 3.78. The Labute approximate surface area is 173 Å². The molecule has 1 aromatic carbocycles. The van der Waals surface area contributed by atoms with Crippen LogP contribution in [0.4, 0.5) is 5.69 Å². The minimum atomic E-state index is 0.213. The van der Waals surface area contributed by atoms with Gasteiger partial charge in [-0.25, -0.2) is 9.97 Å². The fourth-order valence-electron chi connectivity index (χ4n) is 3.78.